The number of aliphatic hydroxyl groups excluding tert-OH is 1. The molecule has 0 saturated heterocycles. The van der Waals surface area contributed by atoms with Gasteiger partial charge in [0.05, 0.1) is 0 Å². The van der Waals surface area contributed by atoms with Crippen LogP contribution in [0.5, 0.6) is 0 Å². The van der Waals surface area contributed by atoms with Crippen molar-refractivity contribution in [1.82, 2.24) is 9.88 Å². The summed E-state index contributed by atoms with van der Waals surface area (Å²) in [7, 11) is 1.91. The first kappa shape index (κ1) is 14.7. The van der Waals surface area contributed by atoms with Crippen LogP contribution in [0.4, 0.5) is 0 Å². The molecule has 1 atom stereocenters. The molecular formula is C14H23N3O. The molecule has 0 aromatic carbocycles. The third kappa shape index (κ3) is 3.34. The Morgan fingerprint density at radius 3 is 2.61 bits per heavy atom. The van der Waals surface area contributed by atoms with E-state index in [-0.39, 0.29) is 6.61 Å². The Balaban J connectivity index is 2.71. The zero-order valence-corrected chi connectivity index (χ0v) is 11.7. The van der Waals surface area contributed by atoms with Crippen LogP contribution in [0, 0.1) is 24.2 Å². The molecule has 0 aliphatic heterocycles. The monoisotopic (exact) mass is 249 g/mol. The lowest BCUT2D eigenvalue weighted by atomic mass is 10.0. The Morgan fingerprint density at radius 1 is 1.50 bits per heavy atom. The summed E-state index contributed by atoms with van der Waals surface area (Å²) in [6, 6.07) is 4.42. The molecule has 4 nitrogen and oxygen atoms in total. The molecule has 0 fully saturated rings. The maximum atomic E-state index is 9.04. The van der Waals surface area contributed by atoms with Gasteiger partial charge in [0.25, 0.3) is 0 Å². The molecule has 0 spiro atoms. The summed E-state index contributed by atoms with van der Waals surface area (Å²) in [6.07, 6.45) is 0.759. The van der Waals surface area contributed by atoms with Crippen LogP contribution in [0.15, 0.2) is 6.07 Å². The Labute approximate surface area is 109 Å². The Kier molecular flexibility index (Phi) is 5.39. The molecule has 4 heteroatoms. The highest BCUT2D eigenvalue weighted by atomic mass is 16.3. The molecule has 0 aliphatic rings. The van der Waals surface area contributed by atoms with Gasteiger partial charge in [0.1, 0.15) is 11.8 Å². The summed E-state index contributed by atoms with van der Waals surface area (Å²) in [6.45, 7) is 7.25. The van der Waals surface area contributed by atoms with Crippen LogP contribution in [0.2, 0.25) is 0 Å². The van der Waals surface area contributed by atoms with E-state index < -0.39 is 0 Å². The second kappa shape index (κ2) is 6.58. The average Bonchev–Trinajstić information content (AvgIpc) is 2.61. The van der Waals surface area contributed by atoms with Gasteiger partial charge in [-0.05, 0) is 30.9 Å². The molecule has 1 unspecified atom stereocenters. The van der Waals surface area contributed by atoms with E-state index in [4.69, 9.17) is 10.4 Å². The maximum absolute atomic E-state index is 9.04. The zero-order valence-electron chi connectivity index (χ0n) is 11.7. The second-order valence-electron chi connectivity index (χ2n) is 5.05. The smallest absolute Gasteiger partial charge is 0.120 e. The topological polar surface area (TPSA) is 61.0 Å². The molecular weight excluding hydrogens is 226 g/mol. The minimum Gasteiger partial charge on any atom is -0.396 e. The first-order chi connectivity index (χ1) is 8.51. The zero-order chi connectivity index (χ0) is 13.7. The fourth-order valence-corrected chi connectivity index (χ4v) is 2.10. The number of aliphatic hydroxyl groups is 1. The summed E-state index contributed by atoms with van der Waals surface area (Å²) in [4.78, 5) is 0. The van der Waals surface area contributed by atoms with Crippen molar-refractivity contribution in [3.8, 4) is 6.07 Å². The number of rotatable bonds is 6. The van der Waals surface area contributed by atoms with Crippen LogP contribution in [0.25, 0.3) is 0 Å². The molecule has 1 heterocycles. The standard InChI is InChI=1S/C14H23N3O/c1-10(2)14(5-6-18)16-9-12-7-13(8-15)17(4)11(12)3/h7,10,14,16,18H,5-6,9H2,1-4H3. The minimum atomic E-state index is 0.201. The van der Waals surface area contributed by atoms with Crippen molar-refractivity contribution in [2.24, 2.45) is 13.0 Å². The minimum absolute atomic E-state index is 0.201. The van der Waals surface area contributed by atoms with E-state index in [0.29, 0.717) is 17.7 Å². The number of nitrogens with one attached hydrogen (secondary N) is 1. The molecule has 1 aromatic rings. The molecule has 1 rings (SSSR count). The number of nitrogens with zero attached hydrogens (tertiary/aromatic N) is 2. The van der Waals surface area contributed by atoms with E-state index in [1.165, 1.54) is 0 Å². The Hall–Kier alpha value is -1.31. The first-order valence-corrected chi connectivity index (χ1v) is 6.40. The van der Waals surface area contributed by atoms with Crippen molar-refractivity contribution >= 4 is 0 Å². The van der Waals surface area contributed by atoms with Gasteiger partial charge in [-0.1, -0.05) is 13.8 Å². The molecule has 100 valence electrons. The number of nitriles is 1. The molecule has 2 N–H and O–H groups in total. The van der Waals surface area contributed by atoms with Crippen molar-refractivity contribution in [3.63, 3.8) is 0 Å². The van der Waals surface area contributed by atoms with Crippen molar-refractivity contribution in [3.05, 3.63) is 23.0 Å². The lowest BCUT2D eigenvalue weighted by molar-refractivity contribution is 0.244. The van der Waals surface area contributed by atoms with Gasteiger partial charge in [0, 0.05) is 31.9 Å². The molecule has 0 amide bonds. The summed E-state index contributed by atoms with van der Waals surface area (Å²) >= 11 is 0. The molecule has 0 aliphatic carbocycles. The normalized spacial score (nSPS) is 12.7. The summed E-state index contributed by atoms with van der Waals surface area (Å²) in [5, 5.41) is 21.5. The van der Waals surface area contributed by atoms with Gasteiger partial charge in [0.15, 0.2) is 0 Å². The first-order valence-electron chi connectivity index (χ1n) is 6.40. The van der Waals surface area contributed by atoms with E-state index in [0.717, 1.165) is 24.2 Å². The highest BCUT2D eigenvalue weighted by Gasteiger charge is 2.14. The summed E-state index contributed by atoms with van der Waals surface area (Å²) < 4.78 is 1.91. The second-order valence-corrected chi connectivity index (χ2v) is 5.05. The number of aromatic nitrogens is 1. The maximum Gasteiger partial charge on any atom is 0.120 e. The predicted octanol–water partition coefficient (Wildman–Crippen LogP) is 1.70. The Bertz CT molecular complexity index is 429. The van der Waals surface area contributed by atoms with Crippen molar-refractivity contribution in [2.45, 2.75) is 39.8 Å². The van der Waals surface area contributed by atoms with Crippen LogP contribution < -0.4 is 5.32 Å². The van der Waals surface area contributed by atoms with E-state index in [9.17, 15) is 0 Å². The van der Waals surface area contributed by atoms with Gasteiger partial charge < -0.3 is 15.0 Å². The van der Waals surface area contributed by atoms with Crippen LogP contribution in [-0.4, -0.2) is 22.3 Å². The SMILES string of the molecule is Cc1c(CNC(CCO)C(C)C)cc(C#N)n1C. The van der Waals surface area contributed by atoms with Crippen molar-refractivity contribution in [1.29, 1.82) is 5.26 Å². The van der Waals surface area contributed by atoms with Crippen LogP contribution in [0.1, 0.15) is 37.2 Å². The predicted molar refractivity (Wildman–Crippen MR) is 72.0 cm³/mol. The number of hydrogen-bond acceptors (Lipinski definition) is 3. The third-order valence-electron chi connectivity index (χ3n) is 3.55. The number of hydrogen-bond donors (Lipinski definition) is 2. The average molecular weight is 249 g/mol. The molecule has 0 saturated carbocycles. The fourth-order valence-electron chi connectivity index (χ4n) is 2.10. The van der Waals surface area contributed by atoms with Gasteiger partial charge >= 0.3 is 0 Å². The lowest BCUT2D eigenvalue weighted by Gasteiger charge is -2.21. The molecule has 1 aromatic heterocycles. The largest absolute Gasteiger partial charge is 0.396 e. The molecule has 18 heavy (non-hydrogen) atoms. The van der Waals surface area contributed by atoms with E-state index >= 15 is 0 Å². The van der Waals surface area contributed by atoms with Crippen LogP contribution in [-0.2, 0) is 13.6 Å². The van der Waals surface area contributed by atoms with Gasteiger partial charge in [-0.2, -0.15) is 5.26 Å². The van der Waals surface area contributed by atoms with E-state index in [1.54, 1.807) is 0 Å². The lowest BCUT2D eigenvalue weighted by Crippen LogP contribution is -2.34. The van der Waals surface area contributed by atoms with E-state index in [2.05, 4.69) is 25.2 Å². The quantitative estimate of drug-likeness (QED) is 0.806. The molecule has 0 radical (unpaired) electrons. The van der Waals surface area contributed by atoms with Gasteiger partial charge in [-0.15, -0.1) is 0 Å². The fraction of sp³-hybridized carbons (Fsp3) is 0.643. The van der Waals surface area contributed by atoms with Gasteiger partial charge in [-0.25, -0.2) is 0 Å². The highest BCUT2D eigenvalue weighted by Crippen LogP contribution is 2.14. The highest BCUT2D eigenvalue weighted by molar-refractivity contribution is 5.34. The van der Waals surface area contributed by atoms with Crippen LogP contribution >= 0.6 is 0 Å². The van der Waals surface area contributed by atoms with Crippen LogP contribution in [0.3, 0.4) is 0 Å². The Morgan fingerprint density at radius 2 is 2.17 bits per heavy atom. The van der Waals surface area contributed by atoms with Gasteiger partial charge in [-0.3, -0.25) is 0 Å². The van der Waals surface area contributed by atoms with Crippen molar-refractivity contribution < 1.29 is 5.11 Å². The summed E-state index contributed by atoms with van der Waals surface area (Å²) in [5.74, 6) is 0.483. The van der Waals surface area contributed by atoms with Crippen molar-refractivity contribution in [2.75, 3.05) is 6.61 Å². The van der Waals surface area contributed by atoms with E-state index in [1.807, 2.05) is 24.6 Å². The summed E-state index contributed by atoms with van der Waals surface area (Å²) in [5.41, 5.74) is 2.95. The van der Waals surface area contributed by atoms with Gasteiger partial charge in [0.2, 0.25) is 0 Å². The third-order valence-corrected chi connectivity index (χ3v) is 3.55. The molecule has 0 bridgehead atoms.